The summed E-state index contributed by atoms with van der Waals surface area (Å²) in [6, 6.07) is 11.0. The fraction of sp³-hybridized carbons (Fsp3) is 0.176. The van der Waals surface area contributed by atoms with E-state index in [-0.39, 0.29) is 5.82 Å². The molecule has 2 aromatic carbocycles. The zero-order valence-corrected chi connectivity index (χ0v) is 12.2. The van der Waals surface area contributed by atoms with E-state index in [2.05, 4.69) is 15.3 Å². The smallest absolute Gasteiger partial charge is 0.223 e. The Morgan fingerprint density at radius 1 is 0.952 bits per heavy atom. The molecule has 0 saturated heterocycles. The number of hydrogen-bond acceptors (Lipinski definition) is 3. The van der Waals surface area contributed by atoms with Gasteiger partial charge in [0.1, 0.15) is 5.82 Å². The maximum atomic E-state index is 13.6. The van der Waals surface area contributed by atoms with Crippen molar-refractivity contribution in [1.29, 1.82) is 0 Å². The first-order valence-electron chi connectivity index (χ1n) is 6.80. The topological polar surface area (TPSA) is 37.8 Å². The van der Waals surface area contributed by atoms with Gasteiger partial charge in [-0.1, -0.05) is 12.1 Å². The van der Waals surface area contributed by atoms with Crippen LogP contribution in [0.15, 0.2) is 36.4 Å². The highest BCUT2D eigenvalue weighted by Gasteiger charge is 2.07. The molecule has 0 bridgehead atoms. The number of anilines is 1. The second-order valence-corrected chi connectivity index (χ2v) is 5.13. The molecule has 0 radical (unpaired) electrons. The molecule has 4 heteroatoms. The molecule has 0 amide bonds. The third-order valence-corrected chi connectivity index (χ3v) is 3.49. The van der Waals surface area contributed by atoms with Gasteiger partial charge in [-0.05, 0) is 54.8 Å². The molecule has 0 aliphatic carbocycles. The second kappa shape index (κ2) is 5.13. The summed E-state index contributed by atoms with van der Waals surface area (Å²) in [5, 5.41) is 3.93. The number of halogens is 1. The van der Waals surface area contributed by atoms with Crippen LogP contribution in [0.4, 0.5) is 10.3 Å². The molecule has 0 aliphatic heterocycles. The average Bonchev–Trinajstić information content (AvgIpc) is 2.45. The van der Waals surface area contributed by atoms with Crippen molar-refractivity contribution in [2.75, 3.05) is 12.4 Å². The number of aryl methyl sites for hydroxylation is 2. The lowest BCUT2D eigenvalue weighted by molar-refractivity contribution is 0.627. The Labute approximate surface area is 122 Å². The van der Waals surface area contributed by atoms with Crippen molar-refractivity contribution in [1.82, 2.24) is 9.97 Å². The van der Waals surface area contributed by atoms with Gasteiger partial charge in [0.2, 0.25) is 5.95 Å². The Morgan fingerprint density at radius 2 is 1.76 bits per heavy atom. The van der Waals surface area contributed by atoms with Crippen molar-refractivity contribution in [3.63, 3.8) is 0 Å². The third kappa shape index (κ3) is 2.57. The Morgan fingerprint density at radius 3 is 2.48 bits per heavy atom. The van der Waals surface area contributed by atoms with Crippen molar-refractivity contribution >= 4 is 16.9 Å². The Balaban J connectivity index is 2.19. The normalized spacial score (nSPS) is 10.9. The minimum Gasteiger partial charge on any atom is -0.357 e. The van der Waals surface area contributed by atoms with Crippen LogP contribution in [0.1, 0.15) is 11.3 Å². The molecule has 21 heavy (non-hydrogen) atoms. The van der Waals surface area contributed by atoms with Crippen LogP contribution < -0.4 is 5.32 Å². The highest BCUT2D eigenvalue weighted by Crippen LogP contribution is 2.27. The molecule has 0 fully saturated rings. The highest BCUT2D eigenvalue weighted by molar-refractivity contribution is 5.87. The zero-order valence-electron chi connectivity index (χ0n) is 12.2. The summed E-state index contributed by atoms with van der Waals surface area (Å²) in [5.74, 6) is 0.387. The van der Waals surface area contributed by atoms with Gasteiger partial charge in [0.25, 0.3) is 0 Å². The molecule has 0 aliphatic rings. The maximum Gasteiger partial charge on any atom is 0.223 e. The van der Waals surface area contributed by atoms with Gasteiger partial charge in [0, 0.05) is 12.4 Å². The Kier molecular flexibility index (Phi) is 3.29. The van der Waals surface area contributed by atoms with E-state index in [9.17, 15) is 4.39 Å². The maximum absolute atomic E-state index is 13.6. The predicted molar refractivity (Wildman–Crippen MR) is 84.0 cm³/mol. The summed E-state index contributed by atoms with van der Waals surface area (Å²) in [6.45, 7) is 3.84. The van der Waals surface area contributed by atoms with Crippen LogP contribution in [0.5, 0.6) is 0 Å². The van der Waals surface area contributed by atoms with Crippen LogP contribution in [0.3, 0.4) is 0 Å². The lowest BCUT2D eigenvalue weighted by Gasteiger charge is -2.08. The summed E-state index contributed by atoms with van der Waals surface area (Å²) < 4.78 is 13.6. The van der Waals surface area contributed by atoms with Crippen LogP contribution in [0.2, 0.25) is 0 Å². The number of fused-ring (bicyclic) bond motifs is 1. The molecule has 1 heterocycles. The van der Waals surface area contributed by atoms with E-state index in [1.54, 1.807) is 13.1 Å². The first kappa shape index (κ1) is 13.5. The van der Waals surface area contributed by atoms with E-state index in [1.807, 2.05) is 38.1 Å². The first-order chi connectivity index (χ1) is 10.1. The van der Waals surface area contributed by atoms with Gasteiger partial charge in [-0.2, -0.15) is 0 Å². The third-order valence-electron chi connectivity index (χ3n) is 3.49. The second-order valence-electron chi connectivity index (χ2n) is 5.13. The predicted octanol–water partition coefficient (Wildman–Crippen LogP) is 4.09. The fourth-order valence-electron chi connectivity index (χ4n) is 2.48. The summed E-state index contributed by atoms with van der Waals surface area (Å²) in [7, 11) is 1.80. The van der Waals surface area contributed by atoms with Gasteiger partial charge >= 0.3 is 0 Å². The lowest BCUT2D eigenvalue weighted by Crippen LogP contribution is -1.98. The van der Waals surface area contributed by atoms with Crippen molar-refractivity contribution in [3.05, 3.63) is 53.5 Å². The van der Waals surface area contributed by atoms with Crippen LogP contribution in [-0.4, -0.2) is 17.0 Å². The molecule has 3 nitrogen and oxygen atoms in total. The van der Waals surface area contributed by atoms with Crippen LogP contribution in [0, 0.1) is 19.7 Å². The number of benzene rings is 2. The van der Waals surface area contributed by atoms with E-state index in [0.717, 1.165) is 33.3 Å². The van der Waals surface area contributed by atoms with Gasteiger partial charge < -0.3 is 5.32 Å². The number of aromatic nitrogens is 2. The van der Waals surface area contributed by atoms with Crippen LogP contribution in [-0.2, 0) is 0 Å². The minimum atomic E-state index is -0.219. The number of hydrogen-bond donors (Lipinski definition) is 1. The highest BCUT2D eigenvalue weighted by atomic mass is 19.1. The summed E-state index contributed by atoms with van der Waals surface area (Å²) in [5.41, 5.74) is 4.52. The summed E-state index contributed by atoms with van der Waals surface area (Å²) in [4.78, 5) is 8.82. The molecule has 106 valence electrons. The molecule has 3 rings (SSSR count). The SMILES string of the molecule is CNc1nc(C)c2cc(-c3cc(C)cc(F)c3)ccc2n1. The van der Waals surface area contributed by atoms with Gasteiger partial charge in [-0.25, -0.2) is 14.4 Å². The molecule has 1 aromatic heterocycles. The van der Waals surface area contributed by atoms with Crippen molar-refractivity contribution in [2.24, 2.45) is 0 Å². The summed E-state index contributed by atoms with van der Waals surface area (Å²) in [6.07, 6.45) is 0. The van der Waals surface area contributed by atoms with Crippen molar-refractivity contribution in [2.45, 2.75) is 13.8 Å². The fourth-order valence-corrected chi connectivity index (χ4v) is 2.48. The quantitative estimate of drug-likeness (QED) is 0.768. The molecule has 0 spiro atoms. The van der Waals surface area contributed by atoms with Gasteiger partial charge in [-0.15, -0.1) is 0 Å². The number of nitrogens with zero attached hydrogens (tertiary/aromatic N) is 2. The minimum absolute atomic E-state index is 0.219. The monoisotopic (exact) mass is 281 g/mol. The molecule has 1 N–H and O–H groups in total. The molecule has 0 unspecified atom stereocenters. The van der Waals surface area contributed by atoms with E-state index >= 15 is 0 Å². The lowest BCUT2D eigenvalue weighted by atomic mass is 10.0. The molecule has 3 aromatic rings. The number of rotatable bonds is 2. The van der Waals surface area contributed by atoms with E-state index in [1.165, 1.54) is 6.07 Å². The first-order valence-corrected chi connectivity index (χ1v) is 6.80. The summed E-state index contributed by atoms with van der Waals surface area (Å²) >= 11 is 0. The zero-order chi connectivity index (χ0) is 15.0. The van der Waals surface area contributed by atoms with Gasteiger partial charge in [-0.3, -0.25) is 0 Å². The van der Waals surface area contributed by atoms with Crippen molar-refractivity contribution in [3.8, 4) is 11.1 Å². The number of nitrogens with one attached hydrogen (secondary N) is 1. The molecule has 0 atom stereocenters. The van der Waals surface area contributed by atoms with Crippen molar-refractivity contribution < 1.29 is 4.39 Å². The van der Waals surface area contributed by atoms with Gasteiger partial charge in [0.15, 0.2) is 0 Å². The van der Waals surface area contributed by atoms with Crippen LogP contribution in [0.25, 0.3) is 22.0 Å². The molecular weight excluding hydrogens is 265 g/mol. The molecular formula is C17H16FN3. The Hall–Kier alpha value is -2.49. The standard InChI is InChI=1S/C17H16FN3/c1-10-6-13(8-14(18)7-10)12-4-5-16-15(9-12)11(2)20-17(19-3)21-16/h4-9H,1-3H3,(H,19,20,21). The van der Waals surface area contributed by atoms with E-state index in [4.69, 9.17) is 0 Å². The van der Waals surface area contributed by atoms with Gasteiger partial charge in [0.05, 0.1) is 11.2 Å². The van der Waals surface area contributed by atoms with E-state index in [0.29, 0.717) is 5.95 Å². The van der Waals surface area contributed by atoms with Crippen LogP contribution >= 0.6 is 0 Å². The van der Waals surface area contributed by atoms with E-state index < -0.39 is 0 Å². The largest absolute Gasteiger partial charge is 0.357 e. The Bertz CT molecular complexity index is 807. The average molecular weight is 281 g/mol. The molecule has 0 saturated carbocycles.